The van der Waals surface area contributed by atoms with Crippen LogP contribution in [0, 0.1) is 0 Å². The van der Waals surface area contributed by atoms with Crippen molar-refractivity contribution in [2.24, 2.45) is 0 Å². The van der Waals surface area contributed by atoms with Crippen molar-refractivity contribution in [3.05, 3.63) is 35.4 Å². The van der Waals surface area contributed by atoms with Crippen molar-refractivity contribution in [3.8, 4) is 0 Å². The van der Waals surface area contributed by atoms with E-state index in [4.69, 9.17) is 9.47 Å². The Balaban J connectivity index is 0. The quantitative estimate of drug-likeness (QED) is 0.534. The zero-order valence-electron chi connectivity index (χ0n) is 10.1. The molecule has 2 aliphatic heterocycles. The van der Waals surface area contributed by atoms with Gasteiger partial charge >= 0.3 is 33.7 Å². The first-order valence-corrected chi connectivity index (χ1v) is 5.22. The third kappa shape index (κ3) is 5.52. The van der Waals surface area contributed by atoms with Crippen LogP contribution in [0.15, 0.2) is 24.3 Å². The summed E-state index contributed by atoms with van der Waals surface area (Å²) >= 11 is 0. The van der Waals surface area contributed by atoms with Gasteiger partial charge in [-0.1, -0.05) is 0 Å². The Labute approximate surface area is 125 Å². The van der Waals surface area contributed by atoms with Crippen molar-refractivity contribution >= 4 is 11.9 Å². The van der Waals surface area contributed by atoms with Gasteiger partial charge in [0.25, 0.3) is 0 Å². The van der Waals surface area contributed by atoms with Gasteiger partial charge in [0, 0.05) is 0 Å². The zero-order valence-corrected chi connectivity index (χ0v) is 11.6. The van der Waals surface area contributed by atoms with Crippen LogP contribution in [0.2, 0.25) is 0 Å². The molecule has 2 aliphatic rings. The number of benzene rings is 1. The van der Waals surface area contributed by atoms with Crippen LogP contribution >= 0.6 is 0 Å². The van der Waals surface area contributed by atoms with E-state index in [-0.39, 0.29) is 44.6 Å². The first-order valence-electron chi connectivity index (χ1n) is 5.22. The summed E-state index contributed by atoms with van der Waals surface area (Å²) in [6, 6.07) is 6.28. The predicted octanol–water partition coefficient (Wildman–Crippen LogP) is 1.55. The second-order valence-electron chi connectivity index (χ2n) is 3.56. The fraction of sp³-hybridized carbons (Fsp3) is 0.333. The molecular formula is C12H12O6Ti. The number of hydrogen-bond donors (Lipinski definition) is 0. The van der Waals surface area contributed by atoms with Gasteiger partial charge in [0.1, 0.15) is 0 Å². The second-order valence-corrected chi connectivity index (χ2v) is 3.56. The molecule has 1 aromatic rings. The summed E-state index contributed by atoms with van der Waals surface area (Å²) in [5.74, 6) is -0.694. The van der Waals surface area contributed by atoms with Crippen LogP contribution in [0.3, 0.4) is 0 Å². The maximum absolute atomic E-state index is 11.5. The summed E-state index contributed by atoms with van der Waals surface area (Å²) in [7, 11) is 0. The topological polar surface area (TPSA) is 110 Å². The SMILES string of the molecule is O=C1OCCCCOC(=O)c2ccc1cc2.[O-2].[O-2].[Ti+4]. The first-order chi connectivity index (χ1) is 7.77. The molecule has 0 unspecified atom stereocenters. The molecule has 0 saturated heterocycles. The smallest absolute Gasteiger partial charge is 2.00 e. The summed E-state index contributed by atoms with van der Waals surface area (Å²) in [5, 5.41) is 0. The van der Waals surface area contributed by atoms with Crippen molar-refractivity contribution in [1.29, 1.82) is 0 Å². The summed E-state index contributed by atoms with van der Waals surface area (Å²) < 4.78 is 10.1. The van der Waals surface area contributed by atoms with E-state index in [9.17, 15) is 9.59 Å². The Morgan fingerprint density at radius 3 is 1.37 bits per heavy atom. The van der Waals surface area contributed by atoms with Gasteiger partial charge in [-0.05, 0) is 37.1 Å². The van der Waals surface area contributed by atoms with Crippen LogP contribution in [0.25, 0.3) is 0 Å². The molecule has 2 bridgehead atoms. The molecule has 7 heteroatoms. The monoisotopic (exact) mass is 300 g/mol. The third-order valence-electron chi connectivity index (χ3n) is 2.36. The zero-order chi connectivity index (χ0) is 11.4. The Morgan fingerprint density at radius 2 is 1.05 bits per heavy atom. The summed E-state index contributed by atoms with van der Waals surface area (Å²) in [6.45, 7) is 0.719. The number of hydrogen-bond acceptors (Lipinski definition) is 4. The minimum Gasteiger partial charge on any atom is -2.00 e. The van der Waals surface area contributed by atoms with Crippen LogP contribution in [0.1, 0.15) is 33.6 Å². The molecule has 6 nitrogen and oxygen atoms in total. The number of rotatable bonds is 0. The van der Waals surface area contributed by atoms with Gasteiger partial charge in [0.05, 0.1) is 24.3 Å². The molecule has 0 amide bonds. The number of carbonyl (C=O) groups excluding carboxylic acids is 2. The van der Waals surface area contributed by atoms with Gasteiger partial charge in [0.15, 0.2) is 0 Å². The van der Waals surface area contributed by atoms with Crippen molar-refractivity contribution in [1.82, 2.24) is 0 Å². The first kappa shape index (κ1) is 20.1. The average Bonchev–Trinajstić information content (AvgIpc) is 2.31. The van der Waals surface area contributed by atoms with Gasteiger partial charge in [-0.3, -0.25) is 0 Å². The van der Waals surface area contributed by atoms with Gasteiger partial charge in [-0.25, -0.2) is 9.59 Å². The van der Waals surface area contributed by atoms with Crippen molar-refractivity contribution in [2.75, 3.05) is 13.2 Å². The molecule has 0 atom stereocenters. The minimum atomic E-state index is -0.347. The number of ether oxygens (including phenoxy) is 2. The van der Waals surface area contributed by atoms with E-state index in [1.807, 2.05) is 0 Å². The van der Waals surface area contributed by atoms with E-state index >= 15 is 0 Å². The Morgan fingerprint density at radius 1 is 0.737 bits per heavy atom. The van der Waals surface area contributed by atoms with Gasteiger partial charge in [0.2, 0.25) is 0 Å². The average molecular weight is 300 g/mol. The van der Waals surface area contributed by atoms with Crippen molar-refractivity contribution < 1.29 is 51.7 Å². The third-order valence-corrected chi connectivity index (χ3v) is 2.36. The molecule has 0 radical (unpaired) electrons. The maximum Gasteiger partial charge on any atom is 4.00 e. The number of carbonyl (C=O) groups is 2. The largest absolute Gasteiger partial charge is 4.00 e. The molecule has 0 spiro atoms. The molecule has 0 saturated carbocycles. The predicted molar refractivity (Wildman–Crippen MR) is 57.6 cm³/mol. The van der Waals surface area contributed by atoms with Gasteiger partial charge in [-0.15, -0.1) is 0 Å². The van der Waals surface area contributed by atoms with E-state index in [0.717, 1.165) is 0 Å². The molecule has 0 N–H and O–H groups in total. The second kappa shape index (κ2) is 9.69. The van der Waals surface area contributed by atoms with Gasteiger partial charge < -0.3 is 20.4 Å². The molecule has 2 heterocycles. The van der Waals surface area contributed by atoms with Crippen molar-refractivity contribution in [2.45, 2.75) is 12.8 Å². The van der Waals surface area contributed by atoms with E-state index in [1.54, 1.807) is 24.3 Å². The van der Waals surface area contributed by atoms with E-state index < -0.39 is 0 Å². The van der Waals surface area contributed by atoms with Crippen LogP contribution in [0.4, 0.5) is 0 Å². The normalized spacial score (nSPS) is 14.3. The van der Waals surface area contributed by atoms with Crippen LogP contribution < -0.4 is 0 Å². The molecule has 0 fully saturated rings. The minimum absolute atomic E-state index is 0. The Bertz CT molecular complexity index is 364. The molecule has 0 aliphatic carbocycles. The standard InChI is InChI=1S/C12H12O4.2O.Ti/c13-11-9-3-5-10(6-4-9)12(14)16-8-2-1-7-15-11;;;/h3-6H,1-2,7-8H2;;;/q;2*-2;+4. The molecule has 3 rings (SSSR count). The number of esters is 2. The fourth-order valence-corrected chi connectivity index (χ4v) is 1.44. The van der Waals surface area contributed by atoms with E-state index in [2.05, 4.69) is 0 Å². The summed E-state index contributed by atoms with van der Waals surface area (Å²) in [6.07, 6.45) is 1.41. The van der Waals surface area contributed by atoms with Gasteiger partial charge in [-0.2, -0.15) is 0 Å². The van der Waals surface area contributed by atoms with Crippen LogP contribution in [-0.2, 0) is 42.1 Å². The Hall–Kier alpha value is -1.21. The van der Waals surface area contributed by atoms with E-state index in [1.165, 1.54) is 0 Å². The fourth-order valence-electron chi connectivity index (χ4n) is 1.44. The summed E-state index contributed by atoms with van der Waals surface area (Å²) in [4.78, 5) is 23.0. The molecule has 1 aromatic carbocycles. The van der Waals surface area contributed by atoms with E-state index in [0.29, 0.717) is 37.2 Å². The number of fused-ring (bicyclic) bond motifs is 9. The van der Waals surface area contributed by atoms with Crippen molar-refractivity contribution in [3.63, 3.8) is 0 Å². The molecule has 0 aromatic heterocycles. The summed E-state index contributed by atoms with van der Waals surface area (Å²) in [5.41, 5.74) is 0.911. The Kier molecular flexibility index (Phi) is 10.3. The van der Waals surface area contributed by atoms with Crippen LogP contribution in [0.5, 0.6) is 0 Å². The maximum atomic E-state index is 11.5. The van der Waals surface area contributed by atoms with Crippen LogP contribution in [-0.4, -0.2) is 25.2 Å². The molecular weight excluding hydrogens is 288 g/mol. The molecule has 100 valence electrons. The molecule has 19 heavy (non-hydrogen) atoms.